The zero-order chi connectivity index (χ0) is 18.0. The lowest BCUT2D eigenvalue weighted by molar-refractivity contribution is 0.482. The van der Waals surface area contributed by atoms with Gasteiger partial charge in [0.05, 0.1) is 6.54 Å². The highest BCUT2D eigenvalue weighted by atomic mass is 127. The summed E-state index contributed by atoms with van der Waals surface area (Å²) < 4.78 is 5.78. The van der Waals surface area contributed by atoms with E-state index in [-0.39, 0.29) is 24.0 Å². The largest absolute Gasteiger partial charge is 0.457 e. The van der Waals surface area contributed by atoms with Crippen molar-refractivity contribution >= 4 is 29.9 Å². The van der Waals surface area contributed by atoms with Gasteiger partial charge in [0.1, 0.15) is 11.5 Å². The first-order chi connectivity index (χ1) is 12.8. The number of aromatic nitrogens is 1. The standard InChI is InChI=1S/C21H22N4O.HI/c22-21(24-15-13-18-6-4-5-14-23-18)25-16-17-9-11-20(12-10-17)26-19-7-2-1-3-8-19;/h1-12,14H,13,15-16H2,(H3,22,24,25);1H. The van der Waals surface area contributed by atoms with E-state index in [1.54, 1.807) is 6.20 Å². The predicted octanol–water partition coefficient (Wildman–Crippen LogP) is 4.14. The highest BCUT2D eigenvalue weighted by Crippen LogP contribution is 2.21. The zero-order valence-electron chi connectivity index (χ0n) is 14.9. The Morgan fingerprint density at radius 1 is 0.926 bits per heavy atom. The van der Waals surface area contributed by atoms with Crippen molar-refractivity contribution in [1.82, 2.24) is 10.3 Å². The van der Waals surface area contributed by atoms with Gasteiger partial charge >= 0.3 is 0 Å². The van der Waals surface area contributed by atoms with Gasteiger partial charge in [-0.15, -0.1) is 24.0 Å². The molecule has 0 amide bonds. The van der Waals surface area contributed by atoms with E-state index in [1.807, 2.05) is 72.8 Å². The molecule has 6 heteroatoms. The van der Waals surface area contributed by atoms with Crippen LogP contribution in [0.3, 0.4) is 0 Å². The van der Waals surface area contributed by atoms with Gasteiger partial charge < -0.3 is 15.8 Å². The molecule has 3 N–H and O–H groups in total. The number of nitrogens with two attached hydrogens (primary N) is 1. The van der Waals surface area contributed by atoms with Gasteiger partial charge in [-0.1, -0.05) is 36.4 Å². The van der Waals surface area contributed by atoms with Crippen LogP contribution in [-0.2, 0) is 13.0 Å². The van der Waals surface area contributed by atoms with Crippen molar-refractivity contribution in [1.29, 1.82) is 0 Å². The smallest absolute Gasteiger partial charge is 0.188 e. The van der Waals surface area contributed by atoms with E-state index in [0.29, 0.717) is 19.0 Å². The Bertz CT molecular complexity index is 824. The van der Waals surface area contributed by atoms with E-state index >= 15 is 0 Å². The van der Waals surface area contributed by atoms with Gasteiger partial charge in [-0.25, -0.2) is 4.99 Å². The fourth-order valence-electron chi connectivity index (χ4n) is 2.38. The molecule has 2 aromatic carbocycles. The van der Waals surface area contributed by atoms with E-state index in [2.05, 4.69) is 15.3 Å². The van der Waals surface area contributed by atoms with Crippen LogP contribution in [0.4, 0.5) is 0 Å². The molecule has 1 heterocycles. The number of aliphatic imine (C=N–C) groups is 1. The van der Waals surface area contributed by atoms with Gasteiger partial charge in [-0.3, -0.25) is 4.98 Å². The van der Waals surface area contributed by atoms with Gasteiger partial charge in [-0.2, -0.15) is 0 Å². The Kier molecular flexibility index (Phi) is 8.57. The van der Waals surface area contributed by atoms with Gasteiger partial charge in [0.25, 0.3) is 0 Å². The molecule has 1 aromatic heterocycles. The lowest BCUT2D eigenvalue weighted by atomic mass is 10.2. The summed E-state index contributed by atoms with van der Waals surface area (Å²) in [6, 6.07) is 23.4. The molecule has 3 aromatic rings. The summed E-state index contributed by atoms with van der Waals surface area (Å²) in [7, 11) is 0. The van der Waals surface area contributed by atoms with Gasteiger partial charge in [-0.05, 0) is 42.0 Å². The molecule has 0 fully saturated rings. The van der Waals surface area contributed by atoms with Gasteiger partial charge in [0.2, 0.25) is 0 Å². The van der Waals surface area contributed by atoms with Gasteiger partial charge in [0, 0.05) is 24.9 Å². The zero-order valence-corrected chi connectivity index (χ0v) is 17.2. The Morgan fingerprint density at radius 2 is 1.63 bits per heavy atom. The topological polar surface area (TPSA) is 72.5 Å². The van der Waals surface area contributed by atoms with E-state index in [4.69, 9.17) is 10.5 Å². The monoisotopic (exact) mass is 474 g/mol. The third-order valence-corrected chi connectivity index (χ3v) is 3.75. The quantitative estimate of drug-likeness (QED) is 0.307. The van der Waals surface area contributed by atoms with Crippen LogP contribution in [0, 0.1) is 0 Å². The number of ether oxygens (including phenoxy) is 1. The minimum absolute atomic E-state index is 0. The van der Waals surface area contributed by atoms with Gasteiger partial charge in [0.15, 0.2) is 5.96 Å². The molecular formula is C21H23IN4O. The van der Waals surface area contributed by atoms with E-state index in [1.165, 1.54) is 0 Å². The van der Waals surface area contributed by atoms with E-state index in [9.17, 15) is 0 Å². The number of benzene rings is 2. The molecule has 0 aliphatic rings. The molecule has 0 aliphatic carbocycles. The van der Waals surface area contributed by atoms with E-state index < -0.39 is 0 Å². The summed E-state index contributed by atoms with van der Waals surface area (Å²) in [4.78, 5) is 8.64. The Labute approximate surface area is 176 Å². The molecule has 5 nitrogen and oxygen atoms in total. The third-order valence-electron chi connectivity index (χ3n) is 3.75. The molecular weight excluding hydrogens is 451 g/mol. The van der Waals surface area contributed by atoms with Crippen LogP contribution in [0.25, 0.3) is 0 Å². The van der Waals surface area contributed by atoms with Crippen LogP contribution in [-0.4, -0.2) is 17.5 Å². The number of hydrogen-bond acceptors (Lipinski definition) is 3. The van der Waals surface area contributed by atoms with E-state index in [0.717, 1.165) is 29.2 Å². The summed E-state index contributed by atoms with van der Waals surface area (Å²) in [5.74, 6) is 2.05. The van der Waals surface area contributed by atoms with Crippen molar-refractivity contribution in [3.8, 4) is 11.5 Å². The van der Waals surface area contributed by atoms with Crippen molar-refractivity contribution in [3.63, 3.8) is 0 Å². The average Bonchev–Trinajstić information content (AvgIpc) is 2.69. The maximum absolute atomic E-state index is 5.91. The highest BCUT2D eigenvalue weighted by molar-refractivity contribution is 14.0. The fourth-order valence-corrected chi connectivity index (χ4v) is 2.38. The second kappa shape index (κ2) is 11.2. The van der Waals surface area contributed by atoms with Crippen LogP contribution in [0.15, 0.2) is 84.0 Å². The number of pyridine rings is 1. The number of nitrogens with zero attached hydrogens (tertiary/aromatic N) is 2. The molecule has 140 valence electrons. The number of halogens is 1. The number of rotatable bonds is 7. The maximum Gasteiger partial charge on any atom is 0.188 e. The highest BCUT2D eigenvalue weighted by Gasteiger charge is 1.99. The molecule has 0 saturated heterocycles. The Hall–Kier alpha value is -2.61. The molecule has 0 unspecified atom stereocenters. The second-order valence-electron chi connectivity index (χ2n) is 5.76. The van der Waals surface area contributed by atoms with Crippen LogP contribution in [0.2, 0.25) is 0 Å². The Morgan fingerprint density at radius 3 is 2.33 bits per heavy atom. The third kappa shape index (κ3) is 7.26. The van der Waals surface area contributed by atoms with Crippen molar-refractivity contribution in [3.05, 3.63) is 90.3 Å². The molecule has 3 rings (SSSR count). The lowest BCUT2D eigenvalue weighted by Crippen LogP contribution is -2.33. The molecule has 0 saturated carbocycles. The average molecular weight is 474 g/mol. The first kappa shape index (κ1) is 20.7. The predicted molar refractivity (Wildman–Crippen MR) is 120 cm³/mol. The first-order valence-corrected chi connectivity index (χ1v) is 8.55. The van der Waals surface area contributed by atoms with Crippen LogP contribution in [0.1, 0.15) is 11.3 Å². The molecule has 0 atom stereocenters. The van der Waals surface area contributed by atoms with Crippen molar-refractivity contribution in [2.24, 2.45) is 10.7 Å². The minimum atomic E-state index is 0. The fraction of sp³-hybridized carbons (Fsp3) is 0.143. The SMILES string of the molecule is I.NC(=NCc1ccc(Oc2ccccc2)cc1)NCCc1ccccn1. The molecule has 0 aliphatic heterocycles. The second-order valence-corrected chi connectivity index (χ2v) is 5.76. The van der Waals surface area contributed by atoms with Crippen LogP contribution < -0.4 is 15.8 Å². The number of nitrogens with one attached hydrogen (secondary N) is 1. The summed E-state index contributed by atoms with van der Waals surface area (Å²) >= 11 is 0. The number of hydrogen-bond donors (Lipinski definition) is 2. The minimum Gasteiger partial charge on any atom is -0.457 e. The molecule has 0 bridgehead atoms. The molecule has 0 spiro atoms. The van der Waals surface area contributed by atoms with Crippen molar-refractivity contribution in [2.75, 3.05) is 6.54 Å². The first-order valence-electron chi connectivity index (χ1n) is 8.55. The molecule has 27 heavy (non-hydrogen) atoms. The summed E-state index contributed by atoms with van der Waals surface area (Å²) in [6.07, 6.45) is 2.60. The summed E-state index contributed by atoms with van der Waals surface area (Å²) in [5, 5.41) is 3.11. The van der Waals surface area contributed by atoms with Crippen LogP contribution in [0.5, 0.6) is 11.5 Å². The number of guanidine groups is 1. The number of para-hydroxylation sites is 1. The summed E-state index contributed by atoms with van der Waals surface area (Å²) in [5.41, 5.74) is 8.01. The maximum atomic E-state index is 5.91. The van der Waals surface area contributed by atoms with Crippen LogP contribution >= 0.6 is 24.0 Å². The van der Waals surface area contributed by atoms with Crippen molar-refractivity contribution < 1.29 is 4.74 Å². The summed E-state index contributed by atoms with van der Waals surface area (Å²) in [6.45, 7) is 1.23. The lowest BCUT2D eigenvalue weighted by Gasteiger charge is -2.07. The molecule has 0 radical (unpaired) electrons. The van der Waals surface area contributed by atoms with Crippen molar-refractivity contribution in [2.45, 2.75) is 13.0 Å². The Balaban J connectivity index is 0.00000261. The normalized spacial score (nSPS) is 10.7.